The molecule has 4 rings (SSSR count). The average Bonchev–Trinajstić information content (AvgIpc) is 2.88. The van der Waals surface area contributed by atoms with Gasteiger partial charge in [0.2, 0.25) is 0 Å². The number of hydrogen-bond donors (Lipinski definition) is 2. The smallest absolute Gasteiger partial charge is 0.251 e. The van der Waals surface area contributed by atoms with Crippen LogP contribution in [0.25, 0.3) is 0 Å². The molecule has 1 heterocycles. The van der Waals surface area contributed by atoms with Crippen molar-refractivity contribution >= 4 is 23.0 Å². The number of likely N-dealkylation sites (N-methyl/N-ethyl adjacent to an activating group) is 1. The minimum Gasteiger partial charge on any atom is -0.497 e. The maximum atomic E-state index is 13.3. The number of piperazine rings is 1. The van der Waals surface area contributed by atoms with Crippen LogP contribution in [0.5, 0.6) is 5.75 Å². The lowest BCUT2D eigenvalue weighted by molar-refractivity contribution is -0.117. The van der Waals surface area contributed by atoms with Crippen molar-refractivity contribution in [2.45, 2.75) is 13.0 Å². The molecule has 6 nitrogen and oxygen atoms in total. The monoisotopic (exact) mass is 444 g/mol. The van der Waals surface area contributed by atoms with E-state index in [1.807, 2.05) is 54.6 Å². The molecular formula is C27H32N4O2. The van der Waals surface area contributed by atoms with Gasteiger partial charge in [-0.15, -0.1) is 0 Å². The molecule has 0 unspecified atom stereocenters. The second kappa shape index (κ2) is 10.9. The molecule has 172 valence electrons. The van der Waals surface area contributed by atoms with Crippen LogP contribution in [0, 0.1) is 0 Å². The molecule has 6 heteroatoms. The molecular weight excluding hydrogens is 412 g/mol. The molecule has 3 aromatic carbocycles. The molecule has 1 amide bonds. The van der Waals surface area contributed by atoms with E-state index in [4.69, 9.17) is 4.74 Å². The minimum atomic E-state index is -0.531. The van der Waals surface area contributed by atoms with Crippen molar-refractivity contribution in [2.75, 3.05) is 55.4 Å². The molecule has 0 bridgehead atoms. The highest BCUT2D eigenvalue weighted by molar-refractivity contribution is 5.97. The van der Waals surface area contributed by atoms with E-state index >= 15 is 0 Å². The molecule has 1 fully saturated rings. The maximum absolute atomic E-state index is 13.3. The third-order valence-electron chi connectivity index (χ3n) is 6.10. The van der Waals surface area contributed by atoms with Crippen molar-refractivity contribution in [2.24, 2.45) is 0 Å². The van der Waals surface area contributed by atoms with E-state index in [-0.39, 0.29) is 5.91 Å². The van der Waals surface area contributed by atoms with Gasteiger partial charge < -0.3 is 25.2 Å². The summed E-state index contributed by atoms with van der Waals surface area (Å²) in [6.45, 7) is 7.58. The first kappa shape index (κ1) is 22.7. The van der Waals surface area contributed by atoms with Crippen LogP contribution in [-0.4, -0.2) is 50.6 Å². The van der Waals surface area contributed by atoms with E-state index < -0.39 is 6.04 Å². The lowest BCUT2D eigenvalue weighted by Gasteiger charge is -2.35. The van der Waals surface area contributed by atoms with Crippen molar-refractivity contribution in [1.29, 1.82) is 0 Å². The lowest BCUT2D eigenvalue weighted by atomic mass is 10.1. The number of hydrogen-bond acceptors (Lipinski definition) is 5. The fraction of sp³-hybridized carbons (Fsp3) is 0.296. The quantitative estimate of drug-likeness (QED) is 0.531. The Labute approximate surface area is 196 Å². The van der Waals surface area contributed by atoms with Crippen molar-refractivity contribution < 1.29 is 9.53 Å². The summed E-state index contributed by atoms with van der Waals surface area (Å²) in [4.78, 5) is 18.2. The lowest BCUT2D eigenvalue weighted by Crippen LogP contribution is -2.46. The summed E-state index contributed by atoms with van der Waals surface area (Å²) < 4.78 is 5.28. The number of ether oxygens (including phenoxy) is 1. The summed E-state index contributed by atoms with van der Waals surface area (Å²) >= 11 is 0. The average molecular weight is 445 g/mol. The molecule has 1 saturated heterocycles. The van der Waals surface area contributed by atoms with Crippen LogP contribution in [0.2, 0.25) is 0 Å². The van der Waals surface area contributed by atoms with Crippen molar-refractivity contribution in [3.63, 3.8) is 0 Å². The second-order valence-corrected chi connectivity index (χ2v) is 8.18. The van der Waals surface area contributed by atoms with Crippen LogP contribution < -0.4 is 20.3 Å². The second-order valence-electron chi connectivity index (χ2n) is 8.18. The van der Waals surface area contributed by atoms with Gasteiger partial charge in [-0.25, -0.2) is 0 Å². The summed E-state index contributed by atoms with van der Waals surface area (Å²) in [5.74, 6) is 0.571. The maximum Gasteiger partial charge on any atom is 0.251 e. The zero-order valence-electron chi connectivity index (χ0n) is 19.3. The zero-order chi connectivity index (χ0) is 23.0. The number of carbonyl (C=O) groups is 1. The van der Waals surface area contributed by atoms with Gasteiger partial charge in [-0.2, -0.15) is 0 Å². The zero-order valence-corrected chi connectivity index (χ0v) is 19.3. The van der Waals surface area contributed by atoms with E-state index in [0.29, 0.717) is 11.4 Å². The number of benzene rings is 3. The summed E-state index contributed by atoms with van der Waals surface area (Å²) in [6.07, 6.45) is 0. The molecule has 1 atom stereocenters. The fourth-order valence-corrected chi connectivity index (χ4v) is 4.12. The highest BCUT2D eigenvalue weighted by Gasteiger charge is 2.21. The number of nitrogens with one attached hydrogen (secondary N) is 2. The van der Waals surface area contributed by atoms with E-state index in [9.17, 15) is 4.79 Å². The van der Waals surface area contributed by atoms with Crippen LogP contribution in [0.4, 0.5) is 17.1 Å². The van der Waals surface area contributed by atoms with Gasteiger partial charge in [-0.3, -0.25) is 4.79 Å². The van der Waals surface area contributed by atoms with Crippen LogP contribution in [0.3, 0.4) is 0 Å². The Morgan fingerprint density at radius 2 is 1.64 bits per heavy atom. The first-order chi connectivity index (χ1) is 16.2. The molecule has 2 N–H and O–H groups in total. The predicted octanol–water partition coefficient (Wildman–Crippen LogP) is 4.63. The van der Waals surface area contributed by atoms with Crippen LogP contribution in [-0.2, 0) is 4.79 Å². The number of nitrogens with zero attached hydrogens (tertiary/aromatic N) is 2. The molecule has 0 aromatic heterocycles. The molecule has 3 aromatic rings. The third kappa shape index (κ3) is 5.84. The van der Waals surface area contributed by atoms with Gasteiger partial charge in [-0.1, -0.05) is 43.3 Å². The summed E-state index contributed by atoms with van der Waals surface area (Å²) in [5, 5.41) is 6.43. The molecule has 1 aliphatic heterocycles. The third-order valence-corrected chi connectivity index (χ3v) is 6.10. The molecule has 0 aliphatic carbocycles. The number of carbonyl (C=O) groups excluding carboxylic acids is 1. The van der Waals surface area contributed by atoms with Crippen molar-refractivity contribution in [3.8, 4) is 5.75 Å². The van der Waals surface area contributed by atoms with E-state index in [2.05, 4.69) is 51.6 Å². The van der Waals surface area contributed by atoms with Crippen molar-refractivity contribution in [1.82, 2.24) is 4.90 Å². The van der Waals surface area contributed by atoms with Crippen LogP contribution in [0.15, 0.2) is 78.9 Å². The van der Waals surface area contributed by atoms with Gasteiger partial charge in [0.25, 0.3) is 5.91 Å². The Kier molecular flexibility index (Phi) is 7.47. The molecule has 1 aliphatic rings. The van der Waals surface area contributed by atoms with Gasteiger partial charge in [0.05, 0.1) is 7.11 Å². The van der Waals surface area contributed by atoms with E-state index in [0.717, 1.165) is 44.0 Å². The van der Waals surface area contributed by atoms with E-state index in [1.54, 1.807) is 7.11 Å². The minimum absolute atomic E-state index is 0.130. The standard InChI is InChI=1S/C27H32N4O2/c1-3-30-16-18-31(19-17-30)24-14-12-22(13-15-24)28-26(21-8-5-4-6-9-21)27(32)29-23-10-7-11-25(20-23)33-2/h4-15,20,26,28H,3,16-19H2,1-2H3,(H,29,32)/t26-/m1/s1. The molecule has 0 saturated carbocycles. The highest BCUT2D eigenvalue weighted by atomic mass is 16.5. The Bertz CT molecular complexity index is 1030. The number of rotatable bonds is 8. The Balaban J connectivity index is 1.48. The Hall–Kier alpha value is -3.51. The van der Waals surface area contributed by atoms with Gasteiger partial charge in [0.15, 0.2) is 0 Å². The van der Waals surface area contributed by atoms with Crippen LogP contribution in [0.1, 0.15) is 18.5 Å². The highest BCUT2D eigenvalue weighted by Crippen LogP contribution is 2.25. The first-order valence-electron chi connectivity index (χ1n) is 11.5. The van der Waals surface area contributed by atoms with Gasteiger partial charge in [0, 0.05) is 49.3 Å². The SMILES string of the molecule is CCN1CCN(c2ccc(N[C@@H](C(=O)Nc3cccc(OC)c3)c3ccccc3)cc2)CC1. The summed E-state index contributed by atoms with van der Waals surface area (Å²) in [7, 11) is 1.61. The van der Waals surface area contributed by atoms with E-state index in [1.165, 1.54) is 5.69 Å². The van der Waals surface area contributed by atoms with Gasteiger partial charge in [-0.05, 0) is 48.5 Å². The van der Waals surface area contributed by atoms with Crippen LogP contribution >= 0.6 is 0 Å². The molecule has 0 radical (unpaired) electrons. The fourth-order valence-electron chi connectivity index (χ4n) is 4.12. The first-order valence-corrected chi connectivity index (χ1v) is 11.5. The Morgan fingerprint density at radius 1 is 0.909 bits per heavy atom. The number of anilines is 3. The largest absolute Gasteiger partial charge is 0.497 e. The predicted molar refractivity (Wildman–Crippen MR) is 135 cm³/mol. The summed E-state index contributed by atoms with van der Waals surface area (Å²) in [5.41, 5.74) is 3.72. The number of amides is 1. The van der Waals surface area contributed by atoms with Gasteiger partial charge >= 0.3 is 0 Å². The van der Waals surface area contributed by atoms with Gasteiger partial charge in [0.1, 0.15) is 11.8 Å². The van der Waals surface area contributed by atoms with Crippen molar-refractivity contribution in [3.05, 3.63) is 84.4 Å². The topological polar surface area (TPSA) is 56.8 Å². The molecule has 33 heavy (non-hydrogen) atoms. The summed E-state index contributed by atoms with van der Waals surface area (Å²) in [6, 6.07) is 25.0. The Morgan fingerprint density at radius 3 is 2.30 bits per heavy atom. The molecule has 0 spiro atoms. The normalized spacial score (nSPS) is 15.0. The number of methoxy groups -OCH3 is 1.